The summed E-state index contributed by atoms with van der Waals surface area (Å²) in [5, 5.41) is 2.41. The highest BCUT2D eigenvalue weighted by molar-refractivity contribution is 5.93. The van der Waals surface area contributed by atoms with E-state index in [1.807, 2.05) is 29.2 Å². The summed E-state index contributed by atoms with van der Waals surface area (Å²) in [4.78, 5) is 28.3. The molecule has 0 aromatic heterocycles. The zero-order valence-corrected chi connectivity index (χ0v) is 19.6. The van der Waals surface area contributed by atoms with Crippen LogP contribution in [0.15, 0.2) is 48.5 Å². The molecule has 0 radical (unpaired) electrons. The molecule has 0 unspecified atom stereocenters. The molecule has 1 heterocycles. The molecule has 2 aromatic rings. The molecule has 1 aliphatic heterocycles. The number of rotatable bonds is 9. The van der Waals surface area contributed by atoms with Crippen LogP contribution in [0.4, 0.5) is 18.9 Å². The van der Waals surface area contributed by atoms with Crippen molar-refractivity contribution in [3.05, 3.63) is 59.7 Å². The second kappa shape index (κ2) is 12.6. The molecule has 0 aliphatic carbocycles. The lowest BCUT2D eigenvalue weighted by Gasteiger charge is -2.23. The minimum Gasteiger partial charge on any atom is -0.482 e. The highest BCUT2D eigenvalue weighted by atomic mass is 19.4. The molecule has 2 aromatic carbocycles. The number of hydrogen-bond donors (Lipinski definition) is 1. The summed E-state index contributed by atoms with van der Waals surface area (Å²) in [5.41, 5.74) is -0.160. The van der Waals surface area contributed by atoms with Crippen molar-refractivity contribution in [2.75, 3.05) is 51.3 Å². The van der Waals surface area contributed by atoms with Gasteiger partial charge in [-0.15, -0.1) is 0 Å². The molecule has 35 heavy (non-hydrogen) atoms. The average molecular weight is 494 g/mol. The Balaban J connectivity index is 1.53. The lowest BCUT2D eigenvalue weighted by Crippen LogP contribution is -2.36. The van der Waals surface area contributed by atoms with Crippen LogP contribution in [0.2, 0.25) is 0 Å². The number of nitrogens with zero attached hydrogens (tertiary/aromatic N) is 2. The van der Waals surface area contributed by atoms with E-state index in [0.29, 0.717) is 38.5 Å². The van der Waals surface area contributed by atoms with E-state index in [-0.39, 0.29) is 18.8 Å². The summed E-state index contributed by atoms with van der Waals surface area (Å²) >= 11 is 0. The number of halogens is 3. The largest absolute Gasteiger partial charge is 0.482 e. The van der Waals surface area contributed by atoms with Gasteiger partial charge in [0.1, 0.15) is 5.75 Å². The molecule has 1 saturated heterocycles. The van der Waals surface area contributed by atoms with Gasteiger partial charge in [-0.3, -0.25) is 14.6 Å². The molecule has 1 N–H and O–H groups in total. The van der Waals surface area contributed by atoms with E-state index in [1.165, 1.54) is 18.2 Å². The van der Waals surface area contributed by atoms with Gasteiger partial charge in [-0.2, -0.15) is 13.2 Å². The van der Waals surface area contributed by atoms with Crippen molar-refractivity contribution < 1.29 is 32.2 Å². The van der Waals surface area contributed by atoms with E-state index in [2.05, 4.69) is 10.2 Å². The van der Waals surface area contributed by atoms with Crippen molar-refractivity contribution >= 4 is 17.6 Å². The zero-order chi connectivity index (χ0) is 25.3. The fourth-order valence-electron chi connectivity index (χ4n) is 3.93. The van der Waals surface area contributed by atoms with Gasteiger partial charge in [0.2, 0.25) is 5.91 Å². The van der Waals surface area contributed by atoms with E-state index >= 15 is 0 Å². The van der Waals surface area contributed by atoms with Crippen molar-refractivity contribution in [3.63, 3.8) is 0 Å². The Morgan fingerprint density at radius 1 is 0.971 bits per heavy atom. The van der Waals surface area contributed by atoms with Crippen molar-refractivity contribution in [2.45, 2.75) is 26.1 Å². The van der Waals surface area contributed by atoms with Crippen LogP contribution in [0, 0.1) is 0 Å². The fourth-order valence-corrected chi connectivity index (χ4v) is 3.93. The minimum atomic E-state index is -4.54. The standard InChI is InChI=1S/C25H30F3N3O4/c1-2-34-24(33)18-35-22-11-6-3-8-19(22)16-30-12-7-13-31(15-14-30)17-23(32)29-21-10-5-4-9-20(21)25(26,27)28/h3-6,8-11H,2,7,12-18H2,1H3,(H,29,32). The molecular formula is C25H30F3N3O4. The summed E-state index contributed by atoms with van der Waals surface area (Å²) < 4.78 is 50.1. The molecule has 3 rings (SSSR count). The summed E-state index contributed by atoms with van der Waals surface area (Å²) in [7, 11) is 0. The summed E-state index contributed by atoms with van der Waals surface area (Å²) in [6.45, 7) is 5.22. The Kier molecular flexibility index (Phi) is 9.50. The van der Waals surface area contributed by atoms with Crippen molar-refractivity contribution in [2.24, 2.45) is 0 Å². The first-order chi connectivity index (χ1) is 16.8. The van der Waals surface area contributed by atoms with Crippen molar-refractivity contribution in [3.8, 4) is 5.75 Å². The predicted octanol–water partition coefficient (Wildman–Crippen LogP) is 3.79. The SMILES string of the molecule is CCOC(=O)COc1ccccc1CN1CCCN(CC(=O)Nc2ccccc2C(F)(F)F)CC1. The Hall–Kier alpha value is -3.11. The van der Waals surface area contributed by atoms with Crippen LogP contribution in [-0.4, -0.2) is 67.6 Å². The maximum atomic E-state index is 13.2. The smallest absolute Gasteiger partial charge is 0.418 e. The second-order valence-corrected chi connectivity index (χ2v) is 8.20. The van der Waals surface area contributed by atoms with E-state index in [0.717, 1.165) is 24.6 Å². The van der Waals surface area contributed by atoms with E-state index in [9.17, 15) is 22.8 Å². The summed E-state index contributed by atoms with van der Waals surface area (Å²) in [6.07, 6.45) is -3.73. The molecule has 190 valence electrons. The van der Waals surface area contributed by atoms with Gasteiger partial charge in [-0.05, 0) is 44.6 Å². The highest BCUT2D eigenvalue weighted by Gasteiger charge is 2.33. The third-order valence-electron chi connectivity index (χ3n) is 5.57. The normalized spacial score (nSPS) is 15.3. The van der Waals surface area contributed by atoms with Gasteiger partial charge in [0.25, 0.3) is 0 Å². The van der Waals surface area contributed by atoms with Crippen LogP contribution in [-0.2, 0) is 27.0 Å². The molecule has 1 amide bonds. The van der Waals surface area contributed by atoms with Gasteiger partial charge >= 0.3 is 12.1 Å². The first-order valence-corrected chi connectivity index (χ1v) is 11.5. The van der Waals surface area contributed by atoms with Crippen LogP contribution in [0.25, 0.3) is 0 Å². The number of hydrogen-bond acceptors (Lipinski definition) is 6. The van der Waals surface area contributed by atoms with Crippen LogP contribution >= 0.6 is 0 Å². The molecule has 1 aliphatic rings. The first kappa shape index (κ1) is 26.5. The molecule has 0 saturated carbocycles. The maximum absolute atomic E-state index is 13.2. The molecule has 7 nitrogen and oxygen atoms in total. The topological polar surface area (TPSA) is 71.1 Å². The Morgan fingerprint density at radius 2 is 1.66 bits per heavy atom. The van der Waals surface area contributed by atoms with E-state index < -0.39 is 23.6 Å². The number of nitrogens with one attached hydrogen (secondary N) is 1. The fraction of sp³-hybridized carbons (Fsp3) is 0.440. The first-order valence-electron chi connectivity index (χ1n) is 11.5. The predicted molar refractivity (Wildman–Crippen MR) is 125 cm³/mol. The number of carbonyl (C=O) groups is 2. The van der Waals surface area contributed by atoms with Gasteiger partial charge < -0.3 is 14.8 Å². The van der Waals surface area contributed by atoms with Gasteiger partial charge in [0.15, 0.2) is 6.61 Å². The number of benzene rings is 2. The molecular weight excluding hydrogens is 463 g/mol. The third-order valence-corrected chi connectivity index (χ3v) is 5.57. The van der Waals surface area contributed by atoms with Crippen LogP contribution in [0.3, 0.4) is 0 Å². The van der Waals surface area contributed by atoms with Crippen molar-refractivity contribution in [1.82, 2.24) is 9.80 Å². The lowest BCUT2D eigenvalue weighted by molar-refractivity contribution is -0.145. The number of para-hydroxylation sites is 2. The number of amides is 1. The quantitative estimate of drug-likeness (QED) is 0.536. The average Bonchev–Trinajstić information content (AvgIpc) is 3.03. The summed E-state index contributed by atoms with van der Waals surface area (Å²) in [5.74, 6) is -0.291. The molecule has 0 bridgehead atoms. The third kappa shape index (κ3) is 8.25. The van der Waals surface area contributed by atoms with Crippen LogP contribution in [0.5, 0.6) is 5.75 Å². The Morgan fingerprint density at radius 3 is 2.43 bits per heavy atom. The maximum Gasteiger partial charge on any atom is 0.418 e. The van der Waals surface area contributed by atoms with Gasteiger partial charge in [-0.1, -0.05) is 30.3 Å². The number of carbonyl (C=O) groups excluding carboxylic acids is 2. The molecule has 10 heteroatoms. The van der Waals surface area contributed by atoms with Crippen LogP contribution < -0.4 is 10.1 Å². The van der Waals surface area contributed by atoms with Gasteiger partial charge in [-0.25, -0.2) is 4.79 Å². The minimum absolute atomic E-state index is 0.0132. The van der Waals surface area contributed by atoms with E-state index in [1.54, 1.807) is 6.92 Å². The molecule has 0 atom stereocenters. The summed E-state index contributed by atoms with van der Waals surface area (Å²) in [6, 6.07) is 12.4. The monoisotopic (exact) mass is 493 g/mol. The van der Waals surface area contributed by atoms with Crippen molar-refractivity contribution in [1.29, 1.82) is 0 Å². The number of esters is 1. The second-order valence-electron chi connectivity index (χ2n) is 8.20. The zero-order valence-electron chi connectivity index (χ0n) is 19.6. The highest BCUT2D eigenvalue weighted by Crippen LogP contribution is 2.34. The lowest BCUT2D eigenvalue weighted by atomic mass is 10.1. The number of anilines is 1. The molecule has 0 spiro atoms. The number of ether oxygens (including phenoxy) is 2. The van der Waals surface area contributed by atoms with Gasteiger partial charge in [0.05, 0.1) is 24.4 Å². The van der Waals surface area contributed by atoms with Gasteiger partial charge in [0, 0.05) is 25.2 Å². The van der Waals surface area contributed by atoms with Crippen LogP contribution in [0.1, 0.15) is 24.5 Å². The number of alkyl halides is 3. The Labute approximate surface area is 202 Å². The van der Waals surface area contributed by atoms with E-state index in [4.69, 9.17) is 9.47 Å². The molecule has 1 fully saturated rings. The Bertz CT molecular complexity index is 1000.